The third-order valence-corrected chi connectivity index (χ3v) is 5.93. The monoisotopic (exact) mass is 354 g/mol. The van der Waals surface area contributed by atoms with E-state index >= 15 is 0 Å². The Morgan fingerprint density at radius 2 is 1.83 bits per heavy atom. The first-order valence-electron chi connectivity index (χ1n) is 8.04. The van der Waals surface area contributed by atoms with E-state index in [0.717, 1.165) is 18.4 Å². The first-order valence-corrected chi connectivity index (χ1v) is 8.79. The smallest absolute Gasteiger partial charge is 0.0972 e. The molecule has 4 heteroatoms. The van der Waals surface area contributed by atoms with Gasteiger partial charge in [-0.25, -0.2) is 0 Å². The maximum atomic E-state index is 9.75. The predicted molar refractivity (Wildman–Crippen MR) is 97.0 cm³/mol. The van der Waals surface area contributed by atoms with Crippen LogP contribution in [0.2, 0.25) is 10.0 Å². The van der Waals surface area contributed by atoms with Crippen molar-refractivity contribution in [2.75, 3.05) is 0 Å². The molecule has 0 amide bonds. The van der Waals surface area contributed by atoms with Crippen molar-refractivity contribution in [3.63, 3.8) is 0 Å². The Labute approximate surface area is 151 Å². The van der Waals surface area contributed by atoms with Gasteiger partial charge in [0.1, 0.15) is 0 Å². The highest BCUT2D eigenvalue weighted by Crippen LogP contribution is 2.55. The number of allylic oxidation sites excluding steroid dienone is 2. The molecular weight excluding hydrogens is 339 g/mol. The maximum absolute atomic E-state index is 9.75. The molecule has 0 saturated heterocycles. The van der Waals surface area contributed by atoms with Gasteiger partial charge in [-0.1, -0.05) is 53.5 Å². The van der Waals surface area contributed by atoms with Crippen LogP contribution in [0.5, 0.6) is 0 Å². The molecule has 0 aromatic heterocycles. The highest BCUT2D eigenvalue weighted by Gasteiger charge is 2.46. The fraction of sp³-hybridized carbons (Fsp3) is 0.250. The van der Waals surface area contributed by atoms with Crippen LogP contribution in [0.1, 0.15) is 34.9 Å². The molecule has 2 aromatic carbocycles. The summed E-state index contributed by atoms with van der Waals surface area (Å²) in [5.41, 5.74) is 11.4. The Morgan fingerprint density at radius 3 is 2.58 bits per heavy atom. The van der Waals surface area contributed by atoms with Crippen molar-refractivity contribution < 1.29 is 0 Å². The zero-order valence-corrected chi connectivity index (χ0v) is 14.5. The number of nitrogens with two attached hydrogens (primary N) is 1. The van der Waals surface area contributed by atoms with E-state index in [1.807, 2.05) is 18.2 Å². The van der Waals surface area contributed by atoms with E-state index in [2.05, 4.69) is 24.3 Å². The van der Waals surface area contributed by atoms with Gasteiger partial charge in [0.2, 0.25) is 0 Å². The minimum atomic E-state index is -0.0573. The molecule has 3 atom stereocenters. The number of fused-ring (bicyclic) bond motifs is 3. The SMILES string of the molecule is N#CC1=C(N)[C@H]2c3ccccc3CC[C@H]2[C@H]1c1ccc(Cl)cc1Cl. The normalized spacial score (nSPS) is 25.1. The standard InChI is InChI=1S/C20H16Cl2N2/c21-12-6-8-14(17(22)9-12)18-15-7-5-11-3-1-2-4-13(11)19(15)20(24)16(18)10-23/h1-4,6,8-9,15,18-19H,5,7,24H2/t15-,18+,19-/m0/s1. The van der Waals surface area contributed by atoms with Crippen molar-refractivity contribution in [3.8, 4) is 6.07 Å². The summed E-state index contributed by atoms with van der Waals surface area (Å²) in [6.07, 6.45) is 2.00. The van der Waals surface area contributed by atoms with Gasteiger partial charge in [-0.05, 0) is 47.6 Å². The van der Waals surface area contributed by atoms with Crippen LogP contribution in [-0.4, -0.2) is 0 Å². The van der Waals surface area contributed by atoms with E-state index in [1.165, 1.54) is 11.1 Å². The number of aryl methyl sites for hydroxylation is 1. The van der Waals surface area contributed by atoms with Crippen LogP contribution in [-0.2, 0) is 6.42 Å². The van der Waals surface area contributed by atoms with Crippen LogP contribution >= 0.6 is 23.2 Å². The van der Waals surface area contributed by atoms with Gasteiger partial charge in [0, 0.05) is 27.6 Å². The minimum absolute atomic E-state index is 0.0573. The molecular formula is C20H16Cl2N2. The molecule has 0 unspecified atom stereocenters. The van der Waals surface area contributed by atoms with Gasteiger partial charge < -0.3 is 5.73 Å². The average Bonchev–Trinajstić information content (AvgIpc) is 2.87. The van der Waals surface area contributed by atoms with Crippen molar-refractivity contribution in [2.45, 2.75) is 24.7 Å². The van der Waals surface area contributed by atoms with Gasteiger partial charge in [0.05, 0.1) is 11.6 Å². The van der Waals surface area contributed by atoms with E-state index in [-0.39, 0.29) is 17.8 Å². The largest absolute Gasteiger partial charge is 0.401 e. The van der Waals surface area contributed by atoms with Crippen molar-refractivity contribution in [2.24, 2.45) is 11.7 Å². The Hall–Kier alpha value is -1.95. The fourth-order valence-corrected chi connectivity index (χ4v) is 4.90. The topological polar surface area (TPSA) is 49.8 Å². The second-order valence-corrected chi connectivity index (χ2v) is 7.35. The zero-order chi connectivity index (χ0) is 16.8. The summed E-state index contributed by atoms with van der Waals surface area (Å²) in [6.45, 7) is 0. The number of hydrogen-bond donors (Lipinski definition) is 1. The van der Waals surface area contributed by atoms with Crippen molar-refractivity contribution in [1.82, 2.24) is 0 Å². The summed E-state index contributed by atoms with van der Waals surface area (Å²) in [7, 11) is 0. The number of rotatable bonds is 1. The van der Waals surface area contributed by atoms with Crippen LogP contribution in [0, 0.1) is 17.2 Å². The molecule has 2 aromatic rings. The zero-order valence-electron chi connectivity index (χ0n) is 13.0. The van der Waals surface area contributed by atoms with Gasteiger partial charge in [0.25, 0.3) is 0 Å². The molecule has 0 fully saturated rings. The van der Waals surface area contributed by atoms with E-state index in [0.29, 0.717) is 21.3 Å². The van der Waals surface area contributed by atoms with Gasteiger partial charge in [0.15, 0.2) is 0 Å². The Balaban J connectivity index is 1.87. The molecule has 2 nitrogen and oxygen atoms in total. The van der Waals surface area contributed by atoms with Gasteiger partial charge in [-0.15, -0.1) is 0 Å². The van der Waals surface area contributed by atoms with E-state index in [9.17, 15) is 5.26 Å². The minimum Gasteiger partial charge on any atom is -0.401 e. The van der Waals surface area contributed by atoms with Gasteiger partial charge in [-0.2, -0.15) is 5.26 Å². The summed E-state index contributed by atoms with van der Waals surface area (Å²) < 4.78 is 0. The summed E-state index contributed by atoms with van der Waals surface area (Å²) >= 11 is 12.5. The van der Waals surface area contributed by atoms with Crippen LogP contribution < -0.4 is 5.73 Å². The molecule has 4 rings (SSSR count). The molecule has 2 N–H and O–H groups in total. The summed E-state index contributed by atoms with van der Waals surface area (Å²) in [4.78, 5) is 0. The van der Waals surface area contributed by atoms with Gasteiger partial charge in [-0.3, -0.25) is 0 Å². The second kappa shape index (κ2) is 5.84. The number of halogens is 2. The number of nitriles is 1. The lowest BCUT2D eigenvalue weighted by atomic mass is 9.71. The number of hydrogen-bond acceptors (Lipinski definition) is 2. The quantitative estimate of drug-likeness (QED) is 0.767. The number of nitrogens with zero attached hydrogens (tertiary/aromatic N) is 1. The van der Waals surface area contributed by atoms with Crippen LogP contribution in [0.3, 0.4) is 0 Å². The molecule has 0 spiro atoms. The predicted octanol–water partition coefficient (Wildman–Crippen LogP) is 5.17. The molecule has 24 heavy (non-hydrogen) atoms. The van der Waals surface area contributed by atoms with Crippen molar-refractivity contribution in [1.29, 1.82) is 5.26 Å². The molecule has 0 saturated carbocycles. The van der Waals surface area contributed by atoms with Crippen LogP contribution in [0.4, 0.5) is 0 Å². The first-order chi connectivity index (χ1) is 11.6. The maximum Gasteiger partial charge on any atom is 0.0972 e. The molecule has 120 valence electrons. The summed E-state index contributed by atoms with van der Waals surface area (Å²) in [5, 5.41) is 11.0. The van der Waals surface area contributed by atoms with E-state index in [1.54, 1.807) is 6.07 Å². The molecule has 2 aliphatic rings. The van der Waals surface area contributed by atoms with E-state index in [4.69, 9.17) is 28.9 Å². The molecule has 0 aliphatic heterocycles. The molecule has 2 aliphatic carbocycles. The van der Waals surface area contributed by atoms with Crippen LogP contribution in [0.15, 0.2) is 53.7 Å². The number of benzene rings is 2. The Morgan fingerprint density at radius 1 is 1.04 bits per heavy atom. The molecule has 0 radical (unpaired) electrons. The van der Waals surface area contributed by atoms with E-state index < -0.39 is 0 Å². The third-order valence-electron chi connectivity index (χ3n) is 5.37. The first kappa shape index (κ1) is 15.6. The lowest BCUT2D eigenvalue weighted by molar-refractivity contribution is 0.395. The molecule has 0 bridgehead atoms. The van der Waals surface area contributed by atoms with Crippen LogP contribution in [0.25, 0.3) is 0 Å². The summed E-state index contributed by atoms with van der Waals surface area (Å²) in [5.74, 6) is 0.313. The van der Waals surface area contributed by atoms with Crippen molar-refractivity contribution in [3.05, 3.63) is 80.5 Å². The van der Waals surface area contributed by atoms with Gasteiger partial charge >= 0.3 is 0 Å². The lowest BCUT2D eigenvalue weighted by Gasteiger charge is -2.33. The lowest BCUT2D eigenvalue weighted by Crippen LogP contribution is -2.24. The Kier molecular flexibility index (Phi) is 3.79. The average molecular weight is 355 g/mol. The second-order valence-electron chi connectivity index (χ2n) is 6.50. The summed E-state index contributed by atoms with van der Waals surface area (Å²) in [6, 6.07) is 16.3. The van der Waals surface area contributed by atoms with Crippen molar-refractivity contribution >= 4 is 23.2 Å². The fourth-order valence-electron chi connectivity index (χ4n) is 4.38. The molecule has 0 heterocycles. The highest BCUT2D eigenvalue weighted by molar-refractivity contribution is 6.35. The highest BCUT2D eigenvalue weighted by atomic mass is 35.5. The third kappa shape index (κ3) is 2.24. The Bertz CT molecular complexity index is 895.